The molecule has 0 saturated heterocycles. The van der Waals surface area contributed by atoms with E-state index in [2.05, 4.69) is 30.2 Å². The first kappa shape index (κ1) is 16.8. The molecule has 0 amide bonds. The van der Waals surface area contributed by atoms with Gasteiger partial charge in [0.25, 0.3) is 0 Å². The van der Waals surface area contributed by atoms with E-state index < -0.39 is 0 Å². The maximum atomic E-state index is 5.88. The predicted octanol–water partition coefficient (Wildman–Crippen LogP) is 3.01. The zero-order chi connectivity index (χ0) is 18.6. The molecule has 8 heteroatoms. The molecule has 0 spiro atoms. The third kappa shape index (κ3) is 3.50. The van der Waals surface area contributed by atoms with Crippen LogP contribution < -0.4 is 15.8 Å². The van der Waals surface area contributed by atoms with Crippen LogP contribution in [0, 0.1) is 0 Å². The van der Waals surface area contributed by atoms with Crippen LogP contribution in [-0.2, 0) is 6.54 Å². The second kappa shape index (κ2) is 7.28. The summed E-state index contributed by atoms with van der Waals surface area (Å²) in [6, 6.07) is 7.63. The number of nitrogens with two attached hydrogens (primary N) is 1. The van der Waals surface area contributed by atoms with E-state index in [1.165, 1.54) is 0 Å². The lowest BCUT2D eigenvalue weighted by Gasteiger charge is -2.11. The Morgan fingerprint density at radius 2 is 2.00 bits per heavy atom. The van der Waals surface area contributed by atoms with Crippen molar-refractivity contribution in [2.75, 3.05) is 17.7 Å². The van der Waals surface area contributed by atoms with E-state index in [1.54, 1.807) is 18.6 Å². The maximum absolute atomic E-state index is 5.88. The van der Waals surface area contributed by atoms with Crippen LogP contribution >= 0.6 is 0 Å². The van der Waals surface area contributed by atoms with E-state index in [4.69, 9.17) is 10.5 Å². The van der Waals surface area contributed by atoms with Gasteiger partial charge in [0.1, 0.15) is 17.2 Å². The molecule has 0 saturated carbocycles. The van der Waals surface area contributed by atoms with Crippen molar-refractivity contribution in [3.05, 3.63) is 54.6 Å². The third-order valence-electron chi connectivity index (χ3n) is 4.08. The van der Waals surface area contributed by atoms with Crippen LogP contribution in [0.5, 0.6) is 5.75 Å². The molecule has 0 aliphatic heterocycles. The number of H-pyrrole nitrogens is 1. The van der Waals surface area contributed by atoms with Gasteiger partial charge < -0.3 is 20.8 Å². The first-order valence-corrected chi connectivity index (χ1v) is 8.61. The van der Waals surface area contributed by atoms with Gasteiger partial charge in [0.2, 0.25) is 5.95 Å². The van der Waals surface area contributed by atoms with Gasteiger partial charge in [-0.05, 0) is 30.7 Å². The molecule has 0 aliphatic carbocycles. The monoisotopic (exact) mass is 361 g/mol. The number of rotatable bonds is 6. The molecule has 0 aromatic carbocycles. The van der Waals surface area contributed by atoms with Crippen molar-refractivity contribution in [2.24, 2.45) is 0 Å². The number of anilines is 2. The molecule has 27 heavy (non-hydrogen) atoms. The Hall–Kier alpha value is -3.68. The fourth-order valence-corrected chi connectivity index (χ4v) is 2.88. The fraction of sp³-hybridized carbons (Fsp3) is 0.158. The Bertz CT molecular complexity index is 1060. The van der Waals surface area contributed by atoms with Gasteiger partial charge >= 0.3 is 0 Å². The predicted molar refractivity (Wildman–Crippen MR) is 104 cm³/mol. The van der Waals surface area contributed by atoms with Crippen LogP contribution in [0.3, 0.4) is 0 Å². The Labute approximate surface area is 155 Å². The van der Waals surface area contributed by atoms with Gasteiger partial charge in [-0.15, -0.1) is 0 Å². The number of nitrogens with one attached hydrogen (secondary N) is 2. The fourth-order valence-electron chi connectivity index (χ4n) is 2.88. The molecule has 0 bridgehead atoms. The number of hydrogen-bond acceptors (Lipinski definition) is 7. The second-order valence-electron chi connectivity index (χ2n) is 5.87. The average Bonchev–Trinajstić information content (AvgIpc) is 3.12. The van der Waals surface area contributed by atoms with Gasteiger partial charge in [-0.25, -0.2) is 15.0 Å². The quantitative estimate of drug-likeness (QED) is 0.483. The van der Waals surface area contributed by atoms with Crippen LogP contribution in [0.1, 0.15) is 12.5 Å². The lowest BCUT2D eigenvalue weighted by Crippen LogP contribution is -2.03. The van der Waals surface area contributed by atoms with Crippen LogP contribution in [0.4, 0.5) is 11.8 Å². The molecule has 0 fully saturated rings. The molecule has 0 radical (unpaired) electrons. The first-order chi connectivity index (χ1) is 13.2. The van der Waals surface area contributed by atoms with Gasteiger partial charge in [-0.3, -0.25) is 4.98 Å². The number of fused-ring (bicyclic) bond motifs is 1. The van der Waals surface area contributed by atoms with Crippen LogP contribution in [-0.4, -0.2) is 31.5 Å². The van der Waals surface area contributed by atoms with Crippen molar-refractivity contribution in [3.8, 4) is 17.0 Å². The van der Waals surface area contributed by atoms with Gasteiger partial charge in [-0.2, -0.15) is 0 Å². The Balaban J connectivity index is 1.72. The lowest BCUT2D eigenvalue weighted by molar-refractivity contribution is 0.344. The summed E-state index contributed by atoms with van der Waals surface area (Å²) in [7, 11) is 0. The van der Waals surface area contributed by atoms with Crippen LogP contribution in [0.2, 0.25) is 0 Å². The van der Waals surface area contributed by atoms with E-state index in [9.17, 15) is 0 Å². The van der Waals surface area contributed by atoms with Crippen molar-refractivity contribution in [1.82, 2.24) is 24.9 Å². The van der Waals surface area contributed by atoms with Gasteiger partial charge in [0.05, 0.1) is 17.7 Å². The molecule has 0 unspecified atom stereocenters. The molecule has 4 aromatic rings. The van der Waals surface area contributed by atoms with Crippen molar-refractivity contribution in [3.63, 3.8) is 0 Å². The lowest BCUT2D eigenvalue weighted by atomic mass is 10.1. The van der Waals surface area contributed by atoms with E-state index in [0.29, 0.717) is 24.5 Å². The summed E-state index contributed by atoms with van der Waals surface area (Å²) < 4.78 is 5.88. The number of ether oxygens (including phenoxy) is 1. The summed E-state index contributed by atoms with van der Waals surface area (Å²) in [5.74, 6) is 1.68. The molecule has 4 rings (SSSR count). The Kier molecular flexibility index (Phi) is 4.52. The van der Waals surface area contributed by atoms with Crippen LogP contribution in [0.15, 0.2) is 49.1 Å². The highest BCUT2D eigenvalue weighted by atomic mass is 16.5. The molecule has 0 atom stereocenters. The van der Waals surface area contributed by atoms with Crippen LogP contribution in [0.25, 0.3) is 22.3 Å². The minimum absolute atomic E-state index is 0.225. The van der Waals surface area contributed by atoms with E-state index in [-0.39, 0.29) is 5.95 Å². The molecule has 4 heterocycles. The number of pyridine rings is 2. The zero-order valence-electron chi connectivity index (χ0n) is 14.8. The minimum atomic E-state index is 0.225. The first-order valence-electron chi connectivity index (χ1n) is 8.61. The largest absolute Gasteiger partial charge is 0.493 e. The minimum Gasteiger partial charge on any atom is -0.493 e. The normalized spacial score (nSPS) is 10.9. The molecule has 4 N–H and O–H groups in total. The summed E-state index contributed by atoms with van der Waals surface area (Å²) in [4.78, 5) is 20.2. The molecular formula is C19H19N7O. The van der Waals surface area contributed by atoms with Crippen molar-refractivity contribution >= 4 is 22.8 Å². The van der Waals surface area contributed by atoms with E-state index >= 15 is 0 Å². The van der Waals surface area contributed by atoms with E-state index in [1.807, 2.05) is 37.4 Å². The molecule has 4 aromatic heterocycles. The Morgan fingerprint density at radius 3 is 2.78 bits per heavy atom. The third-order valence-corrected chi connectivity index (χ3v) is 4.08. The molecular weight excluding hydrogens is 342 g/mol. The van der Waals surface area contributed by atoms with Gasteiger partial charge in [0, 0.05) is 43.0 Å². The number of aromatic nitrogens is 5. The molecule has 0 aliphatic rings. The standard InChI is InChI=1S/C19H19N7O/c1-2-27-15-9-16(23-10-12-3-6-21-7-4-12)26-18-17(15)13(11-24-18)14-5-8-22-19(20)25-14/h3-9,11H,2,10H2,1H3,(H2,20,22,25)(H2,23,24,26). The maximum Gasteiger partial charge on any atom is 0.220 e. The van der Waals surface area contributed by atoms with Crippen molar-refractivity contribution in [2.45, 2.75) is 13.5 Å². The van der Waals surface area contributed by atoms with Gasteiger partial charge in [0.15, 0.2) is 0 Å². The highest BCUT2D eigenvalue weighted by Gasteiger charge is 2.16. The number of nitrogen functional groups attached to an aromatic ring is 1. The van der Waals surface area contributed by atoms with E-state index in [0.717, 1.165) is 28.1 Å². The summed E-state index contributed by atoms with van der Waals surface area (Å²) in [5.41, 5.74) is 9.15. The SMILES string of the molecule is CCOc1cc(NCc2ccncc2)nc2[nH]cc(-c3ccnc(N)n3)c12. The summed E-state index contributed by atoms with van der Waals surface area (Å²) in [5, 5.41) is 4.19. The number of aromatic amines is 1. The number of nitrogens with zero attached hydrogens (tertiary/aromatic N) is 4. The van der Waals surface area contributed by atoms with Crippen molar-refractivity contribution < 1.29 is 4.74 Å². The Morgan fingerprint density at radius 1 is 1.15 bits per heavy atom. The van der Waals surface area contributed by atoms with Gasteiger partial charge in [-0.1, -0.05) is 0 Å². The molecule has 136 valence electrons. The second-order valence-corrected chi connectivity index (χ2v) is 5.87. The highest BCUT2D eigenvalue weighted by Crippen LogP contribution is 2.35. The smallest absolute Gasteiger partial charge is 0.220 e. The zero-order valence-corrected chi connectivity index (χ0v) is 14.8. The summed E-state index contributed by atoms with van der Waals surface area (Å²) >= 11 is 0. The highest BCUT2D eigenvalue weighted by molar-refractivity contribution is 5.98. The van der Waals surface area contributed by atoms with Crippen molar-refractivity contribution in [1.29, 1.82) is 0 Å². The topological polar surface area (TPSA) is 115 Å². The summed E-state index contributed by atoms with van der Waals surface area (Å²) in [6.07, 6.45) is 7.03. The average molecular weight is 361 g/mol. The summed E-state index contributed by atoms with van der Waals surface area (Å²) in [6.45, 7) is 3.13. The molecule has 8 nitrogen and oxygen atoms in total. The number of hydrogen-bond donors (Lipinski definition) is 3.